The quantitative estimate of drug-likeness (QED) is 0.776. The molecule has 0 saturated carbocycles. The average Bonchev–Trinajstić information content (AvgIpc) is 2.62. The molecule has 14 heavy (non-hydrogen) atoms. The van der Waals surface area contributed by atoms with E-state index in [0.29, 0.717) is 0 Å². The van der Waals surface area contributed by atoms with Gasteiger partial charge >= 0.3 is 0 Å². The first kappa shape index (κ1) is 8.80. The Hall–Kier alpha value is -1.78. The van der Waals surface area contributed by atoms with Crippen molar-refractivity contribution in [2.75, 3.05) is 5.32 Å². The maximum Gasteiger partial charge on any atom is 0.207 e. The van der Waals surface area contributed by atoms with E-state index < -0.39 is 0 Å². The van der Waals surface area contributed by atoms with Crippen LogP contribution in [0, 0.1) is 6.92 Å². The smallest absolute Gasteiger partial charge is 0.207 e. The van der Waals surface area contributed by atoms with Crippen LogP contribution in [0.25, 0.3) is 0 Å². The molecule has 0 saturated heterocycles. The Morgan fingerprint density at radius 3 is 2.64 bits per heavy atom. The van der Waals surface area contributed by atoms with Gasteiger partial charge in [-0.2, -0.15) is 5.10 Å². The molecular weight excluding hydrogens is 178 g/mol. The summed E-state index contributed by atoms with van der Waals surface area (Å²) < 4.78 is 3.70. The Morgan fingerprint density at radius 1 is 1.36 bits per heavy atom. The van der Waals surface area contributed by atoms with Crippen LogP contribution in [0.4, 0.5) is 11.6 Å². The van der Waals surface area contributed by atoms with Crippen molar-refractivity contribution in [1.82, 2.24) is 19.3 Å². The van der Waals surface area contributed by atoms with Crippen molar-refractivity contribution < 1.29 is 0 Å². The normalized spacial score (nSPS) is 10.5. The molecule has 0 radical (unpaired) electrons. The third-order valence-electron chi connectivity index (χ3n) is 2.08. The highest BCUT2D eigenvalue weighted by atomic mass is 15.3. The highest BCUT2D eigenvalue weighted by Gasteiger charge is 2.05. The first-order valence-electron chi connectivity index (χ1n) is 4.41. The molecule has 0 bridgehead atoms. The number of aromatic nitrogens is 4. The van der Waals surface area contributed by atoms with Crippen molar-refractivity contribution in [3.05, 3.63) is 24.3 Å². The number of imidazole rings is 1. The lowest BCUT2D eigenvalue weighted by molar-refractivity contribution is 0.756. The lowest BCUT2D eigenvalue weighted by Crippen LogP contribution is -1.98. The summed E-state index contributed by atoms with van der Waals surface area (Å²) in [6.45, 7) is 1.96. The van der Waals surface area contributed by atoms with E-state index in [2.05, 4.69) is 15.4 Å². The summed E-state index contributed by atoms with van der Waals surface area (Å²) in [6, 6.07) is 0. The van der Waals surface area contributed by atoms with E-state index in [-0.39, 0.29) is 0 Å². The molecule has 0 amide bonds. The summed E-state index contributed by atoms with van der Waals surface area (Å²) in [4.78, 5) is 4.18. The molecule has 74 valence electrons. The minimum Gasteiger partial charge on any atom is -0.323 e. The van der Waals surface area contributed by atoms with E-state index >= 15 is 0 Å². The second kappa shape index (κ2) is 3.17. The van der Waals surface area contributed by atoms with Crippen molar-refractivity contribution in [3.8, 4) is 0 Å². The summed E-state index contributed by atoms with van der Waals surface area (Å²) in [5.41, 5.74) is 1.96. The third-order valence-corrected chi connectivity index (χ3v) is 2.08. The van der Waals surface area contributed by atoms with E-state index in [1.54, 1.807) is 10.9 Å². The molecule has 5 heteroatoms. The maximum absolute atomic E-state index is 4.24. The topological polar surface area (TPSA) is 47.7 Å². The van der Waals surface area contributed by atoms with E-state index in [1.165, 1.54) is 0 Å². The Balaban J connectivity index is 2.27. The Morgan fingerprint density at radius 2 is 2.14 bits per heavy atom. The summed E-state index contributed by atoms with van der Waals surface area (Å²) in [5.74, 6) is 0.820. The Bertz CT molecular complexity index is 440. The second-order valence-corrected chi connectivity index (χ2v) is 3.29. The second-order valence-electron chi connectivity index (χ2n) is 3.29. The van der Waals surface area contributed by atoms with Crippen LogP contribution in [0.2, 0.25) is 0 Å². The van der Waals surface area contributed by atoms with Gasteiger partial charge in [0.2, 0.25) is 5.95 Å². The van der Waals surface area contributed by atoms with Gasteiger partial charge in [-0.1, -0.05) is 0 Å². The molecule has 2 heterocycles. The molecule has 0 aliphatic rings. The van der Waals surface area contributed by atoms with Crippen molar-refractivity contribution in [3.63, 3.8) is 0 Å². The SMILES string of the molecule is Cc1nn(C)cc1Nc1nccn1C. The number of nitrogens with zero attached hydrogens (tertiary/aromatic N) is 4. The van der Waals surface area contributed by atoms with Crippen LogP contribution in [-0.2, 0) is 14.1 Å². The van der Waals surface area contributed by atoms with Crippen LogP contribution < -0.4 is 5.32 Å². The lowest BCUT2D eigenvalue weighted by atomic mass is 10.4. The van der Waals surface area contributed by atoms with Crippen LogP contribution in [0.3, 0.4) is 0 Å². The maximum atomic E-state index is 4.24. The average molecular weight is 191 g/mol. The predicted molar refractivity (Wildman–Crippen MR) is 54.4 cm³/mol. The van der Waals surface area contributed by atoms with Gasteiger partial charge in [-0.05, 0) is 6.92 Å². The monoisotopic (exact) mass is 191 g/mol. The molecule has 2 aromatic rings. The minimum atomic E-state index is 0.820. The van der Waals surface area contributed by atoms with Crippen molar-refractivity contribution >= 4 is 11.6 Å². The Labute approximate surface area is 82.4 Å². The van der Waals surface area contributed by atoms with Gasteiger partial charge in [-0.15, -0.1) is 0 Å². The highest BCUT2D eigenvalue weighted by Crippen LogP contribution is 2.16. The number of hydrogen-bond acceptors (Lipinski definition) is 3. The number of nitrogens with one attached hydrogen (secondary N) is 1. The molecule has 2 rings (SSSR count). The highest BCUT2D eigenvalue weighted by molar-refractivity contribution is 5.55. The predicted octanol–water partition coefficient (Wildman–Crippen LogP) is 1.21. The molecule has 5 nitrogen and oxygen atoms in total. The molecule has 1 N–H and O–H groups in total. The summed E-state index contributed by atoms with van der Waals surface area (Å²) in [7, 11) is 3.84. The number of anilines is 2. The summed E-state index contributed by atoms with van der Waals surface area (Å²) in [6.07, 6.45) is 5.59. The molecule has 0 atom stereocenters. The summed E-state index contributed by atoms with van der Waals surface area (Å²) in [5, 5.41) is 7.45. The molecule has 0 aromatic carbocycles. The lowest BCUT2D eigenvalue weighted by Gasteiger charge is -2.03. The van der Waals surface area contributed by atoms with Crippen LogP contribution >= 0.6 is 0 Å². The van der Waals surface area contributed by atoms with Crippen molar-refractivity contribution in [2.24, 2.45) is 14.1 Å². The zero-order chi connectivity index (χ0) is 10.1. The van der Waals surface area contributed by atoms with E-state index in [1.807, 2.05) is 38.0 Å². The van der Waals surface area contributed by atoms with Crippen molar-refractivity contribution in [1.29, 1.82) is 0 Å². The largest absolute Gasteiger partial charge is 0.323 e. The van der Waals surface area contributed by atoms with Crippen LogP contribution in [0.15, 0.2) is 18.6 Å². The van der Waals surface area contributed by atoms with Crippen LogP contribution in [0.5, 0.6) is 0 Å². The fourth-order valence-electron chi connectivity index (χ4n) is 1.33. The van der Waals surface area contributed by atoms with Gasteiger partial charge in [-0.25, -0.2) is 4.98 Å². The summed E-state index contributed by atoms with van der Waals surface area (Å²) >= 11 is 0. The van der Waals surface area contributed by atoms with Gasteiger partial charge in [-0.3, -0.25) is 4.68 Å². The first-order chi connectivity index (χ1) is 6.66. The molecule has 0 unspecified atom stereocenters. The zero-order valence-electron chi connectivity index (χ0n) is 8.52. The minimum absolute atomic E-state index is 0.820. The van der Waals surface area contributed by atoms with Crippen molar-refractivity contribution in [2.45, 2.75) is 6.92 Å². The molecule has 0 fully saturated rings. The number of rotatable bonds is 2. The van der Waals surface area contributed by atoms with Gasteiger partial charge in [0.25, 0.3) is 0 Å². The van der Waals surface area contributed by atoms with E-state index in [9.17, 15) is 0 Å². The zero-order valence-corrected chi connectivity index (χ0v) is 8.52. The number of hydrogen-bond donors (Lipinski definition) is 1. The Kier molecular flexibility index (Phi) is 1.99. The fraction of sp³-hybridized carbons (Fsp3) is 0.333. The standard InChI is InChI=1S/C9H13N5/c1-7-8(6-14(3)12-7)11-9-10-4-5-13(9)2/h4-6H,1-3H3,(H,10,11). The van der Waals surface area contributed by atoms with Gasteiger partial charge in [0.05, 0.1) is 11.4 Å². The van der Waals surface area contributed by atoms with Gasteiger partial charge < -0.3 is 9.88 Å². The fourth-order valence-corrected chi connectivity index (χ4v) is 1.33. The van der Waals surface area contributed by atoms with Crippen LogP contribution in [0.1, 0.15) is 5.69 Å². The molecule has 0 spiro atoms. The van der Waals surface area contributed by atoms with Gasteiger partial charge in [0.15, 0.2) is 0 Å². The molecule has 0 aliphatic heterocycles. The van der Waals surface area contributed by atoms with Gasteiger partial charge in [0, 0.05) is 32.7 Å². The van der Waals surface area contributed by atoms with Crippen LogP contribution in [-0.4, -0.2) is 19.3 Å². The number of aryl methyl sites for hydroxylation is 3. The molecule has 2 aromatic heterocycles. The van der Waals surface area contributed by atoms with E-state index in [0.717, 1.165) is 17.3 Å². The van der Waals surface area contributed by atoms with E-state index in [4.69, 9.17) is 0 Å². The third kappa shape index (κ3) is 1.48. The molecular formula is C9H13N5. The molecule has 0 aliphatic carbocycles. The van der Waals surface area contributed by atoms with Gasteiger partial charge in [0.1, 0.15) is 0 Å². The first-order valence-corrected chi connectivity index (χ1v) is 4.41.